The van der Waals surface area contributed by atoms with Crippen molar-refractivity contribution >= 4 is 5.69 Å². The van der Waals surface area contributed by atoms with Crippen LogP contribution < -0.4 is 15.2 Å². The quantitative estimate of drug-likeness (QED) is 0.859. The molecule has 2 aromatic carbocycles. The minimum absolute atomic E-state index is 0.203. The second-order valence-corrected chi connectivity index (χ2v) is 4.25. The monoisotopic (exact) mass is 261 g/mol. The summed E-state index contributed by atoms with van der Waals surface area (Å²) >= 11 is 0. The number of nitrogens with two attached hydrogens (primary N) is 1. The Hall–Kier alpha value is -2.23. The largest absolute Gasteiger partial charge is 0.496 e. The third kappa shape index (κ3) is 2.96. The first-order chi connectivity index (χ1) is 9.11. The molecule has 0 atom stereocenters. The Kier molecular flexibility index (Phi) is 3.90. The van der Waals surface area contributed by atoms with E-state index in [4.69, 9.17) is 15.2 Å². The molecule has 0 bridgehead atoms. The van der Waals surface area contributed by atoms with Crippen LogP contribution in [0.4, 0.5) is 10.1 Å². The van der Waals surface area contributed by atoms with Gasteiger partial charge in [0, 0.05) is 11.3 Å². The summed E-state index contributed by atoms with van der Waals surface area (Å²) in [7, 11) is 1.57. The van der Waals surface area contributed by atoms with Crippen molar-refractivity contribution in [3.8, 4) is 11.5 Å². The zero-order valence-corrected chi connectivity index (χ0v) is 10.9. The zero-order valence-electron chi connectivity index (χ0n) is 10.9. The molecule has 2 N–H and O–H groups in total. The van der Waals surface area contributed by atoms with Gasteiger partial charge in [0.1, 0.15) is 12.4 Å². The summed E-state index contributed by atoms with van der Waals surface area (Å²) in [6, 6.07) is 10.3. The van der Waals surface area contributed by atoms with E-state index in [-0.39, 0.29) is 18.2 Å². The van der Waals surface area contributed by atoms with E-state index >= 15 is 0 Å². The van der Waals surface area contributed by atoms with Crippen molar-refractivity contribution in [2.45, 2.75) is 13.5 Å². The van der Waals surface area contributed by atoms with E-state index in [1.807, 2.05) is 0 Å². The number of methoxy groups -OCH3 is 1. The number of benzene rings is 2. The molecule has 0 saturated heterocycles. The standard InChI is InChI=1S/C15H16FNO2/c1-10-4-3-5-14(15(10)16)19-9-11-8-12(17)6-7-13(11)18-2/h3-8H,9,17H2,1-2H3. The highest BCUT2D eigenvalue weighted by atomic mass is 19.1. The molecule has 3 nitrogen and oxygen atoms in total. The maximum atomic E-state index is 13.8. The fourth-order valence-electron chi connectivity index (χ4n) is 1.80. The van der Waals surface area contributed by atoms with Crippen LogP contribution in [0.5, 0.6) is 11.5 Å². The number of hydrogen-bond donors (Lipinski definition) is 1. The summed E-state index contributed by atoms with van der Waals surface area (Å²) in [6.07, 6.45) is 0. The highest BCUT2D eigenvalue weighted by Crippen LogP contribution is 2.25. The average Bonchev–Trinajstić information content (AvgIpc) is 2.40. The van der Waals surface area contributed by atoms with Crippen molar-refractivity contribution in [1.82, 2.24) is 0 Å². The van der Waals surface area contributed by atoms with Gasteiger partial charge in [0.15, 0.2) is 11.6 Å². The van der Waals surface area contributed by atoms with Crippen LogP contribution in [-0.4, -0.2) is 7.11 Å². The molecule has 4 heteroatoms. The predicted octanol–water partition coefficient (Wildman–Crippen LogP) is 3.30. The Morgan fingerprint density at radius 3 is 2.68 bits per heavy atom. The van der Waals surface area contributed by atoms with Crippen molar-refractivity contribution in [2.75, 3.05) is 12.8 Å². The first kappa shape index (κ1) is 13.2. The van der Waals surface area contributed by atoms with Gasteiger partial charge in [-0.15, -0.1) is 0 Å². The van der Waals surface area contributed by atoms with Crippen LogP contribution in [0.25, 0.3) is 0 Å². The fraction of sp³-hybridized carbons (Fsp3) is 0.200. The number of rotatable bonds is 4. The van der Waals surface area contributed by atoms with E-state index in [1.54, 1.807) is 50.4 Å². The van der Waals surface area contributed by atoms with Gasteiger partial charge >= 0.3 is 0 Å². The Labute approximate surface area is 111 Å². The van der Waals surface area contributed by atoms with Crippen molar-refractivity contribution in [1.29, 1.82) is 0 Å². The summed E-state index contributed by atoms with van der Waals surface area (Å²) < 4.78 is 24.5. The lowest BCUT2D eigenvalue weighted by atomic mass is 10.2. The molecule has 0 aliphatic carbocycles. The van der Waals surface area contributed by atoms with Crippen molar-refractivity contribution < 1.29 is 13.9 Å². The van der Waals surface area contributed by atoms with Crippen LogP contribution in [-0.2, 0) is 6.61 Å². The SMILES string of the molecule is COc1ccc(N)cc1COc1cccc(C)c1F. The lowest BCUT2D eigenvalue weighted by molar-refractivity contribution is 0.282. The van der Waals surface area contributed by atoms with Gasteiger partial charge in [-0.3, -0.25) is 0 Å². The first-order valence-corrected chi connectivity index (χ1v) is 5.92. The summed E-state index contributed by atoms with van der Waals surface area (Å²) in [5.41, 5.74) is 7.67. The number of ether oxygens (including phenoxy) is 2. The lowest BCUT2D eigenvalue weighted by Crippen LogP contribution is -2.01. The summed E-state index contributed by atoms with van der Waals surface area (Å²) in [6.45, 7) is 1.90. The summed E-state index contributed by atoms with van der Waals surface area (Å²) in [4.78, 5) is 0. The molecule has 0 amide bonds. The maximum Gasteiger partial charge on any atom is 0.167 e. The Bertz CT molecular complexity index is 584. The first-order valence-electron chi connectivity index (χ1n) is 5.92. The van der Waals surface area contributed by atoms with E-state index in [9.17, 15) is 4.39 Å². The van der Waals surface area contributed by atoms with Gasteiger partial charge in [0.05, 0.1) is 7.11 Å². The van der Waals surface area contributed by atoms with Crippen molar-refractivity contribution in [2.24, 2.45) is 0 Å². The van der Waals surface area contributed by atoms with E-state index in [0.717, 1.165) is 5.56 Å². The third-order valence-electron chi connectivity index (χ3n) is 2.84. The number of nitrogen functional groups attached to an aromatic ring is 1. The zero-order chi connectivity index (χ0) is 13.8. The van der Waals surface area contributed by atoms with Crippen molar-refractivity contribution in [3.05, 3.63) is 53.3 Å². The summed E-state index contributed by atoms with van der Waals surface area (Å²) in [5.74, 6) is 0.553. The molecule has 2 rings (SSSR count). The van der Waals surface area contributed by atoms with E-state index in [1.165, 1.54) is 0 Å². The molecule has 100 valence electrons. The van der Waals surface area contributed by atoms with Crippen LogP contribution in [0.3, 0.4) is 0 Å². The molecule has 0 saturated carbocycles. The molecule has 0 unspecified atom stereocenters. The third-order valence-corrected chi connectivity index (χ3v) is 2.84. The minimum atomic E-state index is -0.342. The Balaban J connectivity index is 2.18. The van der Waals surface area contributed by atoms with Gasteiger partial charge in [-0.25, -0.2) is 4.39 Å². The molecular formula is C15H16FNO2. The molecule has 0 aliphatic rings. The summed E-state index contributed by atoms with van der Waals surface area (Å²) in [5, 5.41) is 0. The number of hydrogen-bond acceptors (Lipinski definition) is 3. The van der Waals surface area contributed by atoms with Gasteiger partial charge < -0.3 is 15.2 Å². The number of aryl methyl sites for hydroxylation is 1. The highest BCUT2D eigenvalue weighted by molar-refractivity contribution is 5.47. The van der Waals surface area contributed by atoms with Crippen LogP contribution in [0.2, 0.25) is 0 Å². The average molecular weight is 261 g/mol. The Morgan fingerprint density at radius 2 is 1.95 bits per heavy atom. The number of halogens is 1. The molecule has 0 aliphatic heterocycles. The topological polar surface area (TPSA) is 44.5 Å². The molecule has 19 heavy (non-hydrogen) atoms. The second-order valence-electron chi connectivity index (χ2n) is 4.25. The normalized spacial score (nSPS) is 10.3. The molecule has 0 spiro atoms. The minimum Gasteiger partial charge on any atom is -0.496 e. The smallest absolute Gasteiger partial charge is 0.167 e. The van der Waals surface area contributed by atoms with E-state index in [0.29, 0.717) is 17.0 Å². The van der Waals surface area contributed by atoms with Gasteiger partial charge in [0.25, 0.3) is 0 Å². The van der Waals surface area contributed by atoms with Gasteiger partial charge in [-0.05, 0) is 36.8 Å². The molecular weight excluding hydrogens is 245 g/mol. The molecule has 0 aromatic heterocycles. The lowest BCUT2D eigenvalue weighted by Gasteiger charge is -2.12. The van der Waals surface area contributed by atoms with E-state index in [2.05, 4.69) is 0 Å². The Morgan fingerprint density at radius 1 is 1.16 bits per heavy atom. The van der Waals surface area contributed by atoms with Crippen LogP contribution >= 0.6 is 0 Å². The van der Waals surface area contributed by atoms with Crippen LogP contribution in [0.1, 0.15) is 11.1 Å². The molecule has 0 fully saturated rings. The van der Waals surface area contributed by atoms with Crippen LogP contribution in [0, 0.1) is 12.7 Å². The van der Waals surface area contributed by atoms with Gasteiger partial charge in [-0.1, -0.05) is 12.1 Å². The predicted molar refractivity (Wildman–Crippen MR) is 72.9 cm³/mol. The van der Waals surface area contributed by atoms with Crippen molar-refractivity contribution in [3.63, 3.8) is 0 Å². The van der Waals surface area contributed by atoms with Crippen LogP contribution in [0.15, 0.2) is 36.4 Å². The molecule has 2 aromatic rings. The maximum absolute atomic E-state index is 13.8. The fourth-order valence-corrected chi connectivity index (χ4v) is 1.80. The molecule has 0 heterocycles. The molecule has 0 radical (unpaired) electrons. The number of anilines is 1. The second kappa shape index (κ2) is 5.61. The van der Waals surface area contributed by atoms with Gasteiger partial charge in [-0.2, -0.15) is 0 Å². The van der Waals surface area contributed by atoms with Gasteiger partial charge in [0.2, 0.25) is 0 Å². The highest BCUT2D eigenvalue weighted by Gasteiger charge is 2.08. The van der Waals surface area contributed by atoms with E-state index < -0.39 is 0 Å².